The summed E-state index contributed by atoms with van der Waals surface area (Å²) in [6.07, 6.45) is 3.49. The van der Waals surface area contributed by atoms with E-state index in [1.807, 2.05) is 17.0 Å². The number of likely N-dealkylation sites (tertiary alicyclic amines) is 1. The van der Waals surface area contributed by atoms with Crippen molar-refractivity contribution in [1.29, 1.82) is 0 Å². The highest BCUT2D eigenvalue weighted by Gasteiger charge is 2.48. The van der Waals surface area contributed by atoms with Gasteiger partial charge in [0.2, 0.25) is 5.91 Å². The Kier molecular flexibility index (Phi) is 5.01. The van der Waals surface area contributed by atoms with Crippen molar-refractivity contribution in [3.63, 3.8) is 0 Å². The Labute approximate surface area is 143 Å². The van der Waals surface area contributed by atoms with Crippen LogP contribution in [0, 0.1) is 5.82 Å². The molecular weight excluding hydrogens is 305 g/mol. The molecule has 2 heterocycles. The zero-order valence-corrected chi connectivity index (χ0v) is 14.4. The van der Waals surface area contributed by atoms with Gasteiger partial charge in [-0.05, 0) is 37.6 Å². The largest absolute Gasteiger partial charge is 0.336 e. The van der Waals surface area contributed by atoms with Crippen molar-refractivity contribution in [2.45, 2.75) is 24.9 Å². The molecule has 2 aliphatic rings. The van der Waals surface area contributed by atoms with Gasteiger partial charge in [0.1, 0.15) is 11.4 Å². The highest BCUT2D eigenvalue weighted by Crippen LogP contribution is 2.33. The van der Waals surface area contributed by atoms with E-state index in [0.717, 1.165) is 51.1 Å². The van der Waals surface area contributed by atoms with E-state index in [0.29, 0.717) is 6.54 Å². The fourth-order valence-electron chi connectivity index (χ4n) is 3.90. The number of rotatable bonds is 4. The third-order valence-corrected chi connectivity index (χ3v) is 5.47. The molecule has 2 aliphatic heterocycles. The lowest BCUT2D eigenvalue weighted by Gasteiger charge is -2.51. The standard InChI is InChI=1S/C19H26FN3O/c1-3-10-23-14-13-21(2)19(18(23)24)8-11-22(12-9-19)15-16-4-6-17(20)7-5-16/h3-7H,1,8-15H2,2H3. The molecule has 0 N–H and O–H groups in total. The summed E-state index contributed by atoms with van der Waals surface area (Å²) in [6.45, 7) is 8.67. The number of amides is 1. The van der Waals surface area contributed by atoms with Crippen LogP contribution in [-0.2, 0) is 11.3 Å². The molecule has 0 saturated carbocycles. The number of likely N-dealkylation sites (N-methyl/N-ethyl adjacent to an activating group) is 1. The Morgan fingerprint density at radius 2 is 1.83 bits per heavy atom. The van der Waals surface area contributed by atoms with Crippen LogP contribution in [-0.4, -0.2) is 65.9 Å². The molecule has 5 heteroatoms. The molecule has 0 atom stereocenters. The number of piperidine rings is 1. The molecule has 0 unspecified atom stereocenters. The van der Waals surface area contributed by atoms with Gasteiger partial charge in [-0.2, -0.15) is 0 Å². The first-order chi connectivity index (χ1) is 11.5. The molecule has 2 saturated heterocycles. The molecule has 0 radical (unpaired) electrons. The maximum absolute atomic E-state index is 13.0. The lowest BCUT2D eigenvalue weighted by Crippen LogP contribution is -2.67. The van der Waals surface area contributed by atoms with Crippen molar-refractivity contribution in [1.82, 2.24) is 14.7 Å². The van der Waals surface area contributed by atoms with E-state index in [4.69, 9.17) is 0 Å². The molecule has 130 valence electrons. The molecule has 0 aliphatic carbocycles. The maximum atomic E-state index is 13.0. The Hall–Kier alpha value is -1.72. The second-order valence-corrected chi connectivity index (χ2v) is 6.90. The van der Waals surface area contributed by atoms with E-state index in [-0.39, 0.29) is 17.3 Å². The lowest BCUT2D eigenvalue weighted by molar-refractivity contribution is -0.153. The number of hydrogen-bond acceptors (Lipinski definition) is 3. The Balaban J connectivity index is 1.64. The van der Waals surface area contributed by atoms with Gasteiger partial charge in [0.25, 0.3) is 0 Å². The van der Waals surface area contributed by atoms with Crippen LogP contribution in [0.15, 0.2) is 36.9 Å². The van der Waals surface area contributed by atoms with E-state index in [9.17, 15) is 9.18 Å². The third kappa shape index (κ3) is 3.23. The fourth-order valence-corrected chi connectivity index (χ4v) is 3.90. The minimum absolute atomic E-state index is 0.201. The Morgan fingerprint density at radius 1 is 1.17 bits per heavy atom. The van der Waals surface area contributed by atoms with Crippen LogP contribution in [0.25, 0.3) is 0 Å². The molecule has 0 bridgehead atoms. The van der Waals surface area contributed by atoms with E-state index in [2.05, 4.69) is 23.4 Å². The summed E-state index contributed by atoms with van der Waals surface area (Å²) < 4.78 is 13.0. The van der Waals surface area contributed by atoms with Gasteiger partial charge in [0.05, 0.1) is 0 Å². The molecule has 3 rings (SSSR count). The van der Waals surface area contributed by atoms with Crippen molar-refractivity contribution in [2.75, 3.05) is 39.8 Å². The van der Waals surface area contributed by atoms with Gasteiger partial charge in [-0.15, -0.1) is 6.58 Å². The van der Waals surface area contributed by atoms with Gasteiger partial charge in [0.15, 0.2) is 0 Å². The average Bonchev–Trinajstić information content (AvgIpc) is 2.59. The van der Waals surface area contributed by atoms with Crippen molar-refractivity contribution >= 4 is 5.91 Å². The number of benzene rings is 1. The zero-order valence-electron chi connectivity index (χ0n) is 14.4. The number of carbonyl (C=O) groups is 1. The minimum atomic E-state index is -0.361. The predicted octanol–water partition coefficient (Wildman–Crippen LogP) is 2.12. The van der Waals surface area contributed by atoms with Gasteiger partial charge in [0, 0.05) is 39.3 Å². The predicted molar refractivity (Wildman–Crippen MR) is 93.0 cm³/mol. The van der Waals surface area contributed by atoms with Crippen LogP contribution in [0.4, 0.5) is 4.39 Å². The summed E-state index contributed by atoms with van der Waals surface area (Å²) in [7, 11) is 2.07. The molecule has 1 aromatic carbocycles. The third-order valence-electron chi connectivity index (χ3n) is 5.47. The number of carbonyl (C=O) groups excluding carboxylic acids is 1. The highest BCUT2D eigenvalue weighted by molar-refractivity contribution is 5.87. The first kappa shape index (κ1) is 17.1. The fraction of sp³-hybridized carbons (Fsp3) is 0.526. The minimum Gasteiger partial charge on any atom is -0.336 e. The molecule has 1 amide bonds. The van der Waals surface area contributed by atoms with Crippen LogP contribution >= 0.6 is 0 Å². The summed E-state index contributed by atoms with van der Waals surface area (Å²) in [5.74, 6) is 0.0469. The molecule has 2 fully saturated rings. The Bertz CT molecular complexity index is 593. The van der Waals surface area contributed by atoms with Gasteiger partial charge in [-0.25, -0.2) is 4.39 Å². The molecule has 1 spiro atoms. The number of piperazine rings is 1. The van der Waals surface area contributed by atoms with Gasteiger partial charge >= 0.3 is 0 Å². The number of nitrogens with zero attached hydrogens (tertiary/aromatic N) is 3. The van der Waals surface area contributed by atoms with Gasteiger partial charge < -0.3 is 4.90 Å². The Morgan fingerprint density at radius 3 is 2.46 bits per heavy atom. The monoisotopic (exact) mass is 331 g/mol. The molecule has 4 nitrogen and oxygen atoms in total. The van der Waals surface area contributed by atoms with Crippen LogP contribution < -0.4 is 0 Å². The van der Waals surface area contributed by atoms with E-state index < -0.39 is 0 Å². The summed E-state index contributed by atoms with van der Waals surface area (Å²) in [5, 5.41) is 0. The first-order valence-electron chi connectivity index (χ1n) is 8.63. The van der Waals surface area contributed by atoms with Crippen molar-refractivity contribution in [2.24, 2.45) is 0 Å². The highest BCUT2D eigenvalue weighted by atomic mass is 19.1. The summed E-state index contributed by atoms with van der Waals surface area (Å²) in [6, 6.07) is 6.69. The number of halogens is 1. The summed E-state index contributed by atoms with van der Waals surface area (Å²) in [5.41, 5.74) is 0.754. The smallest absolute Gasteiger partial charge is 0.243 e. The van der Waals surface area contributed by atoms with Crippen LogP contribution in [0.2, 0.25) is 0 Å². The average molecular weight is 331 g/mol. The first-order valence-corrected chi connectivity index (χ1v) is 8.63. The second kappa shape index (κ2) is 7.03. The molecule has 1 aromatic rings. The maximum Gasteiger partial charge on any atom is 0.243 e. The normalized spacial score (nSPS) is 22.1. The topological polar surface area (TPSA) is 26.8 Å². The SMILES string of the molecule is C=CCN1CCN(C)C2(CCN(Cc3ccc(F)cc3)CC2)C1=O. The molecular formula is C19H26FN3O. The van der Waals surface area contributed by atoms with E-state index >= 15 is 0 Å². The van der Waals surface area contributed by atoms with Crippen LogP contribution in [0.3, 0.4) is 0 Å². The van der Waals surface area contributed by atoms with Crippen molar-refractivity contribution < 1.29 is 9.18 Å². The molecule has 0 aromatic heterocycles. The van der Waals surface area contributed by atoms with Crippen molar-refractivity contribution in [3.05, 3.63) is 48.3 Å². The van der Waals surface area contributed by atoms with Crippen LogP contribution in [0.5, 0.6) is 0 Å². The van der Waals surface area contributed by atoms with E-state index in [1.54, 1.807) is 6.08 Å². The second-order valence-electron chi connectivity index (χ2n) is 6.90. The lowest BCUT2D eigenvalue weighted by atomic mass is 9.82. The summed E-state index contributed by atoms with van der Waals surface area (Å²) >= 11 is 0. The number of hydrogen-bond donors (Lipinski definition) is 0. The van der Waals surface area contributed by atoms with Crippen LogP contribution in [0.1, 0.15) is 18.4 Å². The zero-order chi connectivity index (χ0) is 17.2. The van der Waals surface area contributed by atoms with Gasteiger partial charge in [-0.3, -0.25) is 14.6 Å². The van der Waals surface area contributed by atoms with Crippen molar-refractivity contribution in [3.8, 4) is 0 Å². The van der Waals surface area contributed by atoms with E-state index in [1.165, 1.54) is 12.1 Å². The van der Waals surface area contributed by atoms with Gasteiger partial charge in [-0.1, -0.05) is 18.2 Å². The molecule has 24 heavy (non-hydrogen) atoms. The summed E-state index contributed by atoms with van der Waals surface area (Å²) in [4.78, 5) is 19.5. The quantitative estimate of drug-likeness (QED) is 0.791.